The van der Waals surface area contributed by atoms with Crippen LogP contribution in [0.3, 0.4) is 0 Å². The van der Waals surface area contributed by atoms with Gasteiger partial charge in [-0.25, -0.2) is 4.39 Å². The summed E-state index contributed by atoms with van der Waals surface area (Å²) < 4.78 is 20.3. The standard InChI is InChI=1S/C28H28FNO4/c1-19-6-5-7-20(14-19)12-13-30(18-26(31)32)27(33)21-10-11-25-23(15-21)17-28(2,34-25)16-22-8-3-4-9-24(22)29/h3-11,14-15H,12-13,16-18H2,1-2H3,(H,31,32). The second-order valence-corrected chi connectivity index (χ2v) is 9.18. The van der Waals surface area contributed by atoms with Gasteiger partial charge < -0.3 is 14.7 Å². The molecule has 1 aliphatic rings. The number of rotatable bonds is 8. The Morgan fingerprint density at radius 1 is 1.09 bits per heavy atom. The third-order valence-electron chi connectivity index (χ3n) is 6.12. The fourth-order valence-corrected chi connectivity index (χ4v) is 4.53. The summed E-state index contributed by atoms with van der Waals surface area (Å²) in [6, 6.07) is 19.8. The number of aryl methyl sites for hydroxylation is 1. The molecule has 0 saturated carbocycles. The zero-order valence-corrected chi connectivity index (χ0v) is 19.4. The van der Waals surface area contributed by atoms with Crippen molar-refractivity contribution in [3.63, 3.8) is 0 Å². The fraction of sp³-hybridized carbons (Fsp3) is 0.286. The molecule has 1 N–H and O–H groups in total. The van der Waals surface area contributed by atoms with E-state index >= 15 is 0 Å². The van der Waals surface area contributed by atoms with E-state index in [0.29, 0.717) is 42.7 Å². The number of aliphatic carboxylic acids is 1. The Hall–Kier alpha value is -3.67. The van der Waals surface area contributed by atoms with Gasteiger partial charge in [0.2, 0.25) is 0 Å². The molecule has 34 heavy (non-hydrogen) atoms. The van der Waals surface area contributed by atoms with Crippen LogP contribution in [0.2, 0.25) is 0 Å². The first-order valence-electron chi connectivity index (χ1n) is 11.3. The van der Waals surface area contributed by atoms with Crippen LogP contribution in [0, 0.1) is 12.7 Å². The normalized spacial score (nSPS) is 16.6. The van der Waals surface area contributed by atoms with Crippen molar-refractivity contribution >= 4 is 11.9 Å². The molecule has 3 aromatic rings. The average Bonchev–Trinajstić information content (AvgIpc) is 3.12. The molecule has 1 amide bonds. The molecule has 4 rings (SSSR count). The average molecular weight is 462 g/mol. The molecule has 1 heterocycles. The zero-order chi connectivity index (χ0) is 24.3. The second kappa shape index (κ2) is 9.67. The summed E-state index contributed by atoms with van der Waals surface area (Å²) >= 11 is 0. The van der Waals surface area contributed by atoms with Crippen molar-refractivity contribution in [1.29, 1.82) is 0 Å². The summed E-state index contributed by atoms with van der Waals surface area (Å²) in [6.45, 7) is 3.85. The summed E-state index contributed by atoms with van der Waals surface area (Å²) in [7, 11) is 0. The molecule has 1 unspecified atom stereocenters. The van der Waals surface area contributed by atoms with E-state index in [-0.39, 0.29) is 18.3 Å². The Kier molecular flexibility index (Phi) is 6.68. The number of fused-ring (bicyclic) bond motifs is 1. The van der Waals surface area contributed by atoms with Crippen molar-refractivity contribution < 1.29 is 23.8 Å². The van der Waals surface area contributed by atoms with Crippen LogP contribution < -0.4 is 4.74 Å². The summed E-state index contributed by atoms with van der Waals surface area (Å²) in [4.78, 5) is 26.0. The van der Waals surface area contributed by atoms with Crippen molar-refractivity contribution in [2.45, 2.75) is 38.7 Å². The maximum absolute atomic E-state index is 14.2. The van der Waals surface area contributed by atoms with E-state index < -0.39 is 11.6 Å². The molecule has 6 heteroatoms. The fourth-order valence-electron chi connectivity index (χ4n) is 4.53. The minimum absolute atomic E-state index is 0.267. The van der Waals surface area contributed by atoms with Gasteiger partial charge in [0, 0.05) is 24.9 Å². The quantitative estimate of drug-likeness (QED) is 0.521. The van der Waals surface area contributed by atoms with Crippen molar-refractivity contribution in [2.24, 2.45) is 0 Å². The van der Waals surface area contributed by atoms with E-state index in [0.717, 1.165) is 16.7 Å². The van der Waals surface area contributed by atoms with Crippen LogP contribution in [0.15, 0.2) is 66.7 Å². The minimum Gasteiger partial charge on any atom is -0.487 e. The minimum atomic E-state index is -1.06. The van der Waals surface area contributed by atoms with Gasteiger partial charge >= 0.3 is 5.97 Å². The molecule has 176 valence electrons. The molecule has 0 saturated heterocycles. The second-order valence-electron chi connectivity index (χ2n) is 9.18. The summed E-state index contributed by atoms with van der Waals surface area (Å²) in [6.07, 6.45) is 1.49. The summed E-state index contributed by atoms with van der Waals surface area (Å²) in [5.41, 5.74) is 3.40. The van der Waals surface area contributed by atoms with Gasteiger partial charge in [-0.1, -0.05) is 48.0 Å². The monoisotopic (exact) mass is 461 g/mol. The molecule has 0 bridgehead atoms. The number of carbonyl (C=O) groups is 2. The van der Waals surface area contributed by atoms with Crippen molar-refractivity contribution in [2.75, 3.05) is 13.1 Å². The number of hydrogen-bond donors (Lipinski definition) is 1. The maximum atomic E-state index is 14.2. The Labute approximate surface area is 198 Å². The number of ether oxygens (including phenoxy) is 1. The van der Waals surface area contributed by atoms with Gasteiger partial charge in [0.15, 0.2) is 0 Å². The molecule has 0 aliphatic carbocycles. The molecule has 0 fully saturated rings. The first-order valence-corrected chi connectivity index (χ1v) is 11.3. The van der Waals surface area contributed by atoms with Gasteiger partial charge in [0.1, 0.15) is 23.7 Å². The van der Waals surface area contributed by atoms with Crippen LogP contribution in [-0.2, 0) is 24.1 Å². The lowest BCUT2D eigenvalue weighted by atomic mass is 9.91. The number of carbonyl (C=O) groups excluding carboxylic acids is 1. The number of halogens is 1. The van der Waals surface area contributed by atoms with Gasteiger partial charge in [-0.2, -0.15) is 0 Å². The third-order valence-corrected chi connectivity index (χ3v) is 6.12. The molecular formula is C28H28FNO4. The highest BCUT2D eigenvalue weighted by Crippen LogP contribution is 2.38. The molecule has 0 aromatic heterocycles. The molecule has 1 atom stereocenters. The van der Waals surface area contributed by atoms with Crippen molar-refractivity contribution in [3.8, 4) is 5.75 Å². The lowest BCUT2D eigenvalue weighted by Crippen LogP contribution is -2.37. The maximum Gasteiger partial charge on any atom is 0.323 e. The van der Waals surface area contributed by atoms with Crippen LogP contribution in [-0.4, -0.2) is 40.6 Å². The molecule has 5 nitrogen and oxygen atoms in total. The molecule has 0 radical (unpaired) electrons. The van der Waals surface area contributed by atoms with Crippen LogP contribution in [0.5, 0.6) is 5.75 Å². The SMILES string of the molecule is Cc1cccc(CCN(CC(=O)O)C(=O)c2ccc3c(c2)CC(C)(Cc2ccccc2F)O3)c1. The number of nitrogens with zero attached hydrogens (tertiary/aromatic N) is 1. The lowest BCUT2D eigenvalue weighted by Gasteiger charge is -2.24. The van der Waals surface area contributed by atoms with Crippen LogP contribution in [0.1, 0.15) is 39.5 Å². The van der Waals surface area contributed by atoms with E-state index in [1.54, 1.807) is 36.4 Å². The molecule has 3 aromatic carbocycles. The first kappa shape index (κ1) is 23.5. The number of amides is 1. The molecule has 1 aliphatic heterocycles. The number of carboxylic acid groups (broad SMARTS) is 1. The van der Waals surface area contributed by atoms with Gasteiger partial charge in [0.05, 0.1) is 0 Å². The summed E-state index contributed by atoms with van der Waals surface area (Å²) in [5, 5.41) is 9.36. The Balaban J connectivity index is 1.49. The van der Waals surface area contributed by atoms with Gasteiger partial charge in [-0.05, 0) is 61.2 Å². The highest BCUT2D eigenvalue weighted by molar-refractivity contribution is 5.96. The highest BCUT2D eigenvalue weighted by Gasteiger charge is 2.36. The van der Waals surface area contributed by atoms with Crippen molar-refractivity contribution in [1.82, 2.24) is 4.90 Å². The predicted molar refractivity (Wildman–Crippen MR) is 128 cm³/mol. The van der Waals surface area contributed by atoms with E-state index in [9.17, 15) is 19.1 Å². The van der Waals surface area contributed by atoms with Gasteiger partial charge in [0.25, 0.3) is 5.91 Å². The lowest BCUT2D eigenvalue weighted by molar-refractivity contribution is -0.137. The zero-order valence-electron chi connectivity index (χ0n) is 19.4. The topological polar surface area (TPSA) is 66.8 Å². The number of carboxylic acids is 1. The number of benzene rings is 3. The van der Waals surface area contributed by atoms with E-state index in [1.165, 1.54) is 11.0 Å². The largest absolute Gasteiger partial charge is 0.487 e. The molecular weight excluding hydrogens is 433 g/mol. The van der Waals surface area contributed by atoms with Crippen LogP contribution in [0.25, 0.3) is 0 Å². The number of hydrogen-bond acceptors (Lipinski definition) is 3. The predicted octanol–water partition coefficient (Wildman–Crippen LogP) is 4.84. The smallest absolute Gasteiger partial charge is 0.323 e. The van der Waals surface area contributed by atoms with E-state index in [4.69, 9.17) is 4.74 Å². The Morgan fingerprint density at radius 3 is 2.62 bits per heavy atom. The third kappa shape index (κ3) is 5.45. The molecule has 0 spiro atoms. The summed E-state index contributed by atoms with van der Waals surface area (Å²) in [5.74, 6) is -0.989. The highest BCUT2D eigenvalue weighted by atomic mass is 19.1. The Bertz CT molecular complexity index is 1220. The van der Waals surface area contributed by atoms with Crippen LogP contribution >= 0.6 is 0 Å². The van der Waals surface area contributed by atoms with Crippen LogP contribution in [0.4, 0.5) is 4.39 Å². The Morgan fingerprint density at radius 2 is 1.88 bits per heavy atom. The van der Waals surface area contributed by atoms with Gasteiger partial charge in [-0.15, -0.1) is 0 Å². The van der Waals surface area contributed by atoms with Gasteiger partial charge in [-0.3, -0.25) is 9.59 Å². The first-order chi connectivity index (χ1) is 16.2. The van der Waals surface area contributed by atoms with E-state index in [1.807, 2.05) is 38.1 Å². The van der Waals surface area contributed by atoms with Crippen molar-refractivity contribution in [3.05, 3.63) is 100 Å². The van der Waals surface area contributed by atoms with E-state index in [2.05, 4.69) is 0 Å².